The molecule has 19 heavy (non-hydrogen) atoms. The first-order valence-electron chi connectivity index (χ1n) is 6.11. The van der Waals surface area contributed by atoms with E-state index in [2.05, 4.69) is 40.4 Å². The molecule has 0 aromatic carbocycles. The summed E-state index contributed by atoms with van der Waals surface area (Å²) in [5, 5.41) is 11.5. The van der Waals surface area contributed by atoms with E-state index in [0.717, 1.165) is 23.8 Å². The molecular weight excluding hydrogens is 258 g/mol. The van der Waals surface area contributed by atoms with Crippen molar-refractivity contribution in [3.05, 3.63) is 39.6 Å². The summed E-state index contributed by atoms with van der Waals surface area (Å²) in [5.74, 6) is 1.63. The Labute approximate surface area is 115 Å². The van der Waals surface area contributed by atoms with Crippen LogP contribution in [0.3, 0.4) is 0 Å². The number of rotatable bonds is 3. The van der Waals surface area contributed by atoms with Gasteiger partial charge in [-0.05, 0) is 32.4 Å². The van der Waals surface area contributed by atoms with Crippen molar-refractivity contribution in [2.45, 2.75) is 27.3 Å². The Kier molecular flexibility index (Phi) is 2.94. The zero-order chi connectivity index (χ0) is 13.4. The second-order valence-corrected chi connectivity index (χ2v) is 5.86. The van der Waals surface area contributed by atoms with Crippen LogP contribution < -0.4 is 5.32 Å². The van der Waals surface area contributed by atoms with E-state index in [4.69, 9.17) is 0 Å². The maximum Gasteiger partial charge on any atom is 0.203 e. The maximum atomic E-state index is 4.33. The van der Waals surface area contributed by atoms with Crippen LogP contribution in [0.2, 0.25) is 0 Å². The number of aromatic nitrogens is 4. The summed E-state index contributed by atoms with van der Waals surface area (Å²) in [5.41, 5.74) is 2.11. The van der Waals surface area contributed by atoms with E-state index < -0.39 is 0 Å². The monoisotopic (exact) mass is 273 g/mol. The van der Waals surface area contributed by atoms with Crippen molar-refractivity contribution < 1.29 is 0 Å². The summed E-state index contributed by atoms with van der Waals surface area (Å²) in [6, 6.07) is 2.21. The van der Waals surface area contributed by atoms with E-state index in [0.29, 0.717) is 0 Å². The van der Waals surface area contributed by atoms with Gasteiger partial charge < -0.3 is 5.32 Å². The summed E-state index contributed by atoms with van der Waals surface area (Å²) >= 11 is 1.81. The molecule has 0 aliphatic carbocycles. The Balaban J connectivity index is 1.85. The number of nitrogens with one attached hydrogen (secondary N) is 1. The van der Waals surface area contributed by atoms with E-state index in [-0.39, 0.29) is 0 Å². The topological polar surface area (TPSA) is 55.1 Å². The molecule has 3 heterocycles. The molecule has 0 radical (unpaired) electrons. The first-order chi connectivity index (χ1) is 9.15. The van der Waals surface area contributed by atoms with Crippen molar-refractivity contribution in [1.82, 2.24) is 19.6 Å². The molecule has 0 spiro atoms. The Morgan fingerprint density at radius 2 is 2.11 bits per heavy atom. The van der Waals surface area contributed by atoms with Crippen LogP contribution in [0.25, 0.3) is 5.65 Å². The molecular formula is C13H15N5S. The maximum absolute atomic E-state index is 4.33. The average molecular weight is 273 g/mol. The Morgan fingerprint density at radius 1 is 1.26 bits per heavy atom. The number of hydrogen-bond donors (Lipinski definition) is 1. The fourth-order valence-corrected chi connectivity index (χ4v) is 2.97. The van der Waals surface area contributed by atoms with Crippen molar-refractivity contribution in [2.24, 2.45) is 0 Å². The van der Waals surface area contributed by atoms with Crippen molar-refractivity contribution in [2.75, 3.05) is 5.32 Å². The number of aryl methyl sites for hydroxylation is 3. The summed E-state index contributed by atoms with van der Waals surface area (Å²) in [4.78, 5) is 7.00. The molecule has 0 atom stereocenters. The summed E-state index contributed by atoms with van der Waals surface area (Å²) in [7, 11) is 0. The molecule has 1 N–H and O–H groups in total. The minimum atomic E-state index is 0.762. The molecule has 3 rings (SSSR count). The highest BCUT2D eigenvalue weighted by Crippen LogP contribution is 2.22. The second-order valence-electron chi connectivity index (χ2n) is 4.52. The van der Waals surface area contributed by atoms with Crippen molar-refractivity contribution >= 4 is 22.8 Å². The van der Waals surface area contributed by atoms with Gasteiger partial charge in [-0.1, -0.05) is 0 Å². The van der Waals surface area contributed by atoms with Gasteiger partial charge in [0, 0.05) is 22.1 Å². The highest BCUT2D eigenvalue weighted by molar-refractivity contribution is 7.12. The molecule has 3 aromatic heterocycles. The van der Waals surface area contributed by atoms with Gasteiger partial charge in [0.2, 0.25) is 5.65 Å². The molecule has 0 saturated heterocycles. The highest BCUT2D eigenvalue weighted by Gasteiger charge is 2.08. The predicted molar refractivity (Wildman–Crippen MR) is 76.6 cm³/mol. The fourth-order valence-electron chi connectivity index (χ4n) is 1.97. The third-order valence-corrected chi connectivity index (χ3v) is 4.30. The zero-order valence-corrected chi connectivity index (χ0v) is 12.0. The van der Waals surface area contributed by atoms with Gasteiger partial charge in [0.1, 0.15) is 5.82 Å². The third kappa shape index (κ3) is 2.19. The lowest BCUT2D eigenvalue weighted by molar-refractivity contribution is 1.00. The van der Waals surface area contributed by atoms with Crippen LogP contribution in [-0.4, -0.2) is 19.6 Å². The minimum absolute atomic E-state index is 0.762. The van der Waals surface area contributed by atoms with Crippen LogP contribution in [0.4, 0.5) is 5.82 Å². The van der Waals surface area contributed by atoms with Crippen LogP contribution in [0.15, 0.2) is 18.5 Å². The van der Waals surface area contributed by atoms with Crippen LogP contribution in [0.5, 0.6) is 0 Å². The SMILES string of the molecule is Cc1cc(CNc2nccn3c(C)nnc23)sc1C. The molecule has 0 aliphatic rings. The first kappa shape index (κ1) is 12.1. The van der Waals surface area contributed by atoms with E-state index >= 15 is 0 Å². The van der Waals surface area contributed by atoms with Crippen LogP contribution in [-0.2, 0) is 6.54 Å². The number of thiophene rings is 1. The number of anilines is 1. The number of fused-ring (bicyclic) bond motifs is 1. The van der Waals surface area contributed by atoms with E-state index in [1.54, 1.807) is 6.20 Å². The summed E-state index contributed by atoms with van der Waals surface area (Å²) in [6.45, 7) is 6.97. The molecule has 5 nitrogen and oxygen atoms in total. The molecule has 0 fully saturated rings. The molecule has 0 unspecified atom stereocenters. The molecule has 0 aliphatic heterocycles. The minimum Gasteiger partial charge on any atom is -0.362 e. The molecule has 0 amide bonds. The molecule has 6 heteroatoms. The molecule has 0 saturated carbocycles. The normalized spacial score (nSPS) is 11.1. The summed E-state index contributed by atoms with van der Waals surface area (Å²) < 4.78 is 1.93. The van der Waals surface area contributed by atoms with Gasteiger partial charge in [0.25, 0.3) is 0 Å². The van der Waals surface area contributed by atoms with Gasteiger partial charge in [-0.25, -0.2) is 4.98 Å². The van der Waals surface area contributed by atoms with Crippen molar-refractivity contribution in [3.8, 4) is 0 Å². The number of hydrogen-bond acceptors (Lipinski definition) is 5. The first-order valence-corrected chi connectivity index (χ1v) is 6.93. The van der Waals surface area contributed by atoms with Crippen LogP contribution >= 0.6 is 11.3 Å². The average Bonchev–Trinajstić information content (AvgIpc) is 2.92. The lowest BCUT2D eigenvalue weighted by Crippen LogP contribution is -2.02. The Hall–Kier alpha value is -1.95. The van der Waals surface area contributed by atoms with E-state index in [1.165, 1.54) is 15.3 Å². The fraction of sp³-hybridized carbons (Fsp3) is 0.308. The van der Waals surface area contributed by atoms with Crippen molar-refractivity contribution in [1.29, 1.82) is 0 Å². The molecule has 0 bridgehead atoms. The van der Waals surface area contributed by atoms with Gasteiger partial charge in [-0.3, -0.25) is 4.40 Å². The van der Waals surface area contributed by atoms with Gasteiger partial charge >= 0.3 is 0 Å². The lowest BCUT2D eigenvalue weighted by Gasteiger charge is -2.04. The Morgan fingerprint density at radius 3 is 2.84 bits per heavy atom. The lowest BCUT2D eigenvalue weighted by atomic mass is 10.3. The van der Waals surface area contributed by atoms with E-state index in [9.17, 15) is 0 Å². The highest BCUT2D eigenvalue weighted by atomic mass is 32.1. The van der Waals surface area contributed by atoms with Gasteiger partial charge in [0.05, 0.1) is 6.54 Å². The quantitative estimate of drug-likeness (QED) is 0.797. The van der Waals surface area contributed by atoms with E-state index in [1.807, 2.05) is 28.9 Å². The second kappa shape index (κ2) is 4.62. The third-order valence-electron chi connectivity index (χ3n) is 3.14. The van der Waals surface area contributed by atoms with Crippen LogP contribution in [0, 0.1) is 20.8 Å². The largest absolute Gasteiger partial charge is 0.362 e. The molecule has 98 valence electrons. The van der Waals surface area contributed by atoms with Crippen molar-refractivity contribution in [3.63, 3.8) is 0 Å². The van der Waals surface area contributed by atoms with Crippen LogP contribution in [0.1, 0.15) is 21.1 Å². The standard InChI is InChI=1S/C13H15N5S/c1-8-6-11(19-9(8)2)7-15-12-13-17-16-10(3)18(13)5-4-14-12/h4-6H,7H2,1-3H3,(H,14,15). The van der Waals surface area contributed by atoms with Gasteiger partial charge in [0.15, 0.2) is 5.82 Å². The van der Waals surface area contributed by atoms with Gasteiger partial charge in [-0.15, -0.1) is 21.5 Å². The summed E-state index contributed by atoms with van der Waals surface area (Å²) in [6.07, 6.45) is 3.63. The Bertz CT molecular complexity index is 708. The predicted octanol–water partition coefficient (Wildman–Crippen LogP) is 2.72. The smallest absolute Gasteiger partial charge is 0.203 e. The zero-order valence-electron chi connectivity index (χ0n) is 11.1. The molecule has 3 aromatic rings. The number of nitrogens with zero attached hydrogens (tertiary/aromatic N) is 4. The van der Waals surface area contributed by atoms with Gasteiger partial charge in [-0.2, -0.15) is 0 Å².